The minimum atomic E-state index is -0.246. The summed E-state index contributed by atoms with van der Waals surface area (Å²) >= 11 is 0. The van der Waals surface area contributed by atoms with Crippen LogP contribution in [0.2, 0.25) is 0 Å². The Morgan fingerprint density at radius 1 is 0.966 bits per heavy atom. The molecule has 0 unspecified atom stereocenters. The van der Waals surface area contributed by atoms with Crippen molar-refractivity contribution in [3.05, 3.63) is 59.9 Å². The number of amidine groups is 1. The highest BCUT2D eigenvalue weighted by Gasteiger charge is 2.39. The summed E-state index contributed by atoms with van der Waals surface area (Å²) in [5, 5.41) is 8.06. The Bertz CT molecular complexity index is 917. The standard InChI is InChI=1S/C22H24FN5O/c23-20-11-9-17(10-12-20)16-3-5-18(6-4-16)21-24-27(15-26-13-1-2-14-26)25-28(21)22(29)19-7-8-19/h3-6,9-12,19,25H,1-2,7-8,13-15H2. The van der Waals surface area contributed by atoms with Crippen LogP contribution in [-0.4, -0.2) is 46.5 Å². The number of hydrazone groups is 1. The number of amides is 1. The lowest BCUT2D eigenvalue weighted by atomic mass is 10.0. The Kier molecular flexibility index (Phi) is 4.77. The van der Waals surface area contributed by atoms with E-state index in [4.69, 9.17) is 5.10 Å². The molecule has 1 amide bonds. The zero-order chi connectivity index (χ0) is 19.8. The summed E-state index contributed by atoms with van der Waals surface area (Å²) in [6.07, 6.45) is 4.31. The minimum Gasteiger partial charge on any atom is -0.283 e. The fourth-order valence-electron chi connectivity index (χ4n) is 3.83. The van der Waals surface area contributed by atoms with Gasteiger partial charge in [0.25, 0.3) is 0 Å². The second-order valence-corrected chi connectivity index (χ2v) is 7.92. The van der Waals surface area contributed by atoms with E-state index in [1.165, 1.54) is 25.0 Å². The first kappa shape index (κ1) is 18.3. The van der Waals surface area contributed by atoms with Crippen molar-refractivity contribution in [3.8, 4) is 11.1 Å². The number of nitrogens with zero attached hydrogens (tertiary/aromatic N) is 4. The van der Waals surface area contributed by atoms with Gasteiger partial charge in [0, 0.05) is 11.5 Å². The summed E-state index contributed by atoms with van der Waals surface area (Å²) in [6, 6.07) is 14.3. The molecule has 2 fully saturated rings. The zero-order valence-corrected chi connectivity index (χ0v) is 16.2. The van der Waals surface area contributed by atoms with E-state index in [2.05, 4.69) is 10.4 Å². The van der Waals surface area contributed by atoms with Gasteiger partial charge in [-0.25, -0.2) is 9.40 Å². The highest BCUT2D eigenvalue weighted by molar-refractivity contribution is 6.09. The maximum atomic E-state index is 13.2. The molecule has 2 aromatic rings. The smallest absolute Gasteiger partial charge is 0.247 e. The Labute approximate surface area is 169 Å². The molecule has 0 spiro atoms. The number of halogens is 1. The number of nitrogens with one attached hydrogen (secondary N) is 1. The Morgan fingerprint density at radius 3 is 2.17 bits per heavy atom. The van der Waals surface area contributed by atoms with Gasteiger partial charge in [-0.15, -0.1) is 10.6 Å². The molecule has 29 heavy (non-hydrogen) atoms. The number of carbonyl (C=O) groups is 1. The predicted molar refractivity (Wildman–Crippen MR) is 109 cm³/mol. The quantitative estimate of drug-likeness (QED) is 0.848. The molecule has 0 bridgehead atoms. The van der Waals surface area contributed by atoms with Crippen LogP contribution < -0.4 is 5.53 Å². The summed E-state index contributed by atoms with van der Waals surface area (Å²) in [6.45, 7) is 2.78. The summed E-state index contributed by atoms with van der Waals surface area (Å²) in [7, 11) is 0. The van der Waals surface area contributed by atoms with Gasteiger partial charge in [-0.1, -0.05) is 36.4 Å². The van der Waals surface area contributed by atoms with E-state index >= 15 is 0 Å². The van der Waals surface area contributed by atoms with Gasteiger partial charge in [-0.3, -0.25) is 9.69 Å². The number of hydrogen-bond acceptors (Lipinski definition) is 5. The molecule has 2 aromatic carbocycles. The Balaban J connectivity index is 1.39. The number of rotatable bonds is 5. The molecule has 1 saturated carbocycles. The molecule has 150 valence electrons. The van der Waals surface area contributed by atoms with Crippen molar-refractivity contribution in [2.75, 3.05) is 19.8 Å². The van der Waals surface area contributed by atoms with E-state index in [0.717, 1.165) is 42.6 Å². The van der Waals surface area contributed by atoms with Gasteiger partial charge in [0.15, 0.2) is 5.84 Å². The lowest BCUT2D eigenvalue weighted by Crippen LogP contribution is -2.49. The first-order valence-corrected chi connectivity index (χ1v) is 10.2. The summed E-state index contributed by atoms with van der Waals surface area (Å²) in [5.74, 6) is 0.559. The first-order chi connectivity index (χ1) is 14.2. The second-order valence-electron chi connectivity index (χ2n) is 7.92. The van der Waals surface area contributed by atoms with E-state index in [1.54, 1.807) is 22.3 Å². The normalized spacial score (nSPS) is 19.7. The highest BCUT2D eigenvalue weighted by Crippen LogP contribution is 2.32. The fourth-order valence-corrected chi connectivity index (χ4v) is 3.83. The van der Waals surface area contributed by atoms with Gasteiger partial charge < -0.3 is 0 Å². The number of benzene rings is 2. The molecular weight excluding hydrogens is 369 g/mol. The fraction of sp³-hybridized carbons (Fsp3) is 0.364. The minimum absolute atomic E-state index is 0.0790. The van der Waals surface area contributed by atoms with Crippen LogP contribution in [0.1, 0.15) is 31.2 Å². The lowest BCUT2D eigenvalue weighted by Gasteiger charge is -2.24. The summed E-state index contributed by atoms with van der Waals surface area (Å²) in [5.41, 5.74) is 5.99. The predicted octanol–water partition coefficient (Wildman–Crippen LogP) is 3.18. The van der Waals surface area contributed by atoms with Crippen LogP contribution in [0.3, 0.4) is 0 Å². The van der Waals surface area contributed by atoms with Gasteiger partial charge in [-0.05, 0) is 62.0 Å². The topological polar surface area (TPSA) is 51.2 Å². The van der Waals surface area contributed by atoms with Gasteiger partial charge in [0.05, 0.1) is 0 Å². The Hall–Kier alpha value is -2.77. The molecule has 2 heterocycles. The maximum absolute atomic E-state index is 13.2. The number of hydrogen-bond donors (Lipinski definition) is 1. The molecule has 5 rings (SSSR count). The molecular formula is C22H24FN5O. The number of likely N-dealkylation sites (tertiary alicyclic amines) is 1. The molecule has 0 aromatic heterocycles. The van der Waals surface area contributed by atoms with E-state index in [1.807, 2.05) is 24.3 Å². The van der Waals surface area contributed by atoms with Crippen molar-refractivity contribution in [1.82, 2.24) is 20.6 Å². The third-order valence-electron chi connectivity index (χ3n) is 5.64. The van der Waals surface area contributed by atoms with E-state index in [9.17, 15) is 9.18 Å². The molecule has 2 aliphatic heterocycles. The molecule has 0 radical (unpaired) electrons. The molecule has 1 saturated heterocycles. The Morgan fingerprint density at radius 2 is 1.55 bits per heavy atom. The van der Waals surface area contributed by atoms with Crippen molar-refractivity contribution < 1.29 is 9.18 Å². The van der Waals surface area contributed by atoms with Gasteiger partial charge in [-0.2, -0.15) is 5.12 Å². The monoisotopic (exact) mass is 393 g/mol. The largest absolute Gasteiger partial charge is 0.283 e. The molecule has 1 aliphatic carbocycles. The van der Waals surface area contributed by atoms with Crippen LogP contribution in [0.5, 0.6) is 0 Å². The third-order valence-corrected chi connectivity index (χ3v) is 5.64. The molecule has 0 atom stereocenters. The maximum Gasteiger partial charge on any atom is 0.247 e. The highest BCUT2D eigenvalue weighted by atomic mass is 19.1. The number of hydrazine groups is 2. The average molecular weight is 393 g/mol. The van der Waals surface area contributed by atoms with Crippen molar-refractivity contribution in [2.24, 2.45) is 11.0 Å². The average Bonchev–Trinajstić information content (AvgIpc) is 3.31. The van der Waals surface area contributed by atoms with Crippen molar-refractivity contribution in [2.45, 2.75) is 25.7 Å². The van der Waals surface area contributed by atoms with Gasteiger partial charge >= 0.3 is 0 Å². The summed E-state index contributed by atoms with van der Waals surface area (Å²) in [4.78, 5) is 15.1. The molecule has 7 heteroatoms. The van der Waals surface area contributed by atoms with Gasteiger partial charge in [0.2, 0.25) is 5.91 Å². The zero-order valence-electron chi connectivity index (χ0n) is 16.2. The van der Waals surface area contributed by atoms with Gasteiger partial charge in [0.1, 0.15) is 12.5 Å². The van der Waals surface area contributed by atoms with Crippen LogP contribution in [-0.2, 0) is 4.79 Å². The first-order valence-electron chi connectivity index (χ1n) is 10.2. The number of carbonyl (C=O) groups excluding carboxylic acids is 1. The van der Waals surface area contributed by atoms with E-state index in [0.29, 0.717) is 12.5 Å². The van der Waals surface area contributed by atoms with Crippen LogP contribution in [0.25, 0.3) is 11.1 Å². The van der Waals surface area contributed by atoms with Crippen molar-refractivity contribution in [3.63, 3.8) is 0 Å². The third kappa shape index (κ3) is 3.88. The van der Waals surface area contributed by atoms with Crippen molar-refractivity contribution >= 4 is 11.7 Å². The van der Waals surface area contributed by atoms with E-state index in [-0.39, 0.29) is 17.6 Å². The van der Waals surface area contributed by atoms with Crippen LogP contribution in [0.15, 0.2) is 53.6 Å². The SMILES string of the molecule is O=C(C1CC1)N1NN(CN2CCCC2)N=C1c1ccc(-c2ccc(F)cc2)cc1. The second kappa shape index (κ2) is 7.57. The van der Waals surface area contributed by atoms with Crippen LogP contribution in [0.4, 0.5) is 4.39 Å². The van der Waals surface area contributed by atoms with E-state index < -0.39 is 0 Å². The van der Waals surface area contributed by atoms with Crippen molar-refractivity contribution in [1.29, 1.82) is 0 Å². The molecule has 3 aliphatic rings. The van der Waals surface area contributed by atoms with Crippen LogP contribution >= 0.6 is 0 Å². The molecule has 6 nitrogen and oxygen atoms in total. The molecule has 1 N–H and O–H groups in total. The summed E-state index contributed by atoms with van der Waals surface area (Å²) < 4.78 is 13.2. The lowest BCUT2D eigenvalue weighted by molar-refractivity contribution is -0.133. The van der Waals surface area contributed by atoms with Crippen LogP contribution in [0, 0.1) is 11.7 Å².